The van der Waals surface area contributed by atoms with Gasteiger partial charge in [-0.2, -0.15) is 9.13 Å². The van der Waals surface area contributed by atoms with E-state index < -0.39 is 0 Å². The first-order valence-electron chi connectivity index (χ1n) is 8.22. The Morgan fingerprint density at radius 1 is 1.00 bits per heavy atom. The monoisotopic (exact) mass is 325 g/mol. The quantitative estimate of drug-likeness (QED) is 0.435. The van der Waals surface area contributed by atoms with Gasteiger partial charge in [-0.15, -0.1) is 0 Å². The van der Waals surface area contributed by atoms with Crippen LogP contribution in [0.5, 0.6) is 0 Å². The molecule has 5 nitrogen and oxygen atoms in total. The van der Waals surface area contributed by atoms with Crippen molar-refractivity contribution >= 4 is 22.3 Å². The molecule has 0 saturated heterocycles. The molecular weight excluding hydrogens is 312 g/mol. The fraction of sp³-hybridized carbons (Fsp3) is 0.0500. The van der Waals surface area contributed by atoms with Crippen LogP contribution in [-0.2, 0) is 6.54 Å². The maximum atomic E-state index is 6.29. The molecule has 1 aliphatic rings. The van der Waals surface area contributed by atoms with E-state index in [-0.39, 0.29) is 0 Å². The van der Waals surface area contributed by atoms with Crippen LogP contribution in [0.4, 0.5) is 0 Å². The first-order chi connectivity index (χ1) is 12.4. The second kappa shape index (κ2) is 4.54. The highest BCUT2D eigenvalue weighted by Gasteiger charge is 2.36. The van der Waals surface area contributed by atoms with E-state index in [1.165, 1.54) is 5.56 Å². The molecule has 6 rings (SSSR count). The van der Waals surface area contributed by atoms with Gasteiger partial charge in [-0.05, 0) is 30.3 Å². The van der Waals surface area contributed by atoms with E-state index in [0.29, 0.717) is 0 Å². The molecule has 4 aromatic heterocycles. The molecule has 118 valence electrons. The van der Waals surface area contributed by atoms with Crippen LogP contribution in [0, 0.1) is 0 Å². The fourth-order valence-corrected chi connectivity index (χ4v) is 3.77. The average molecular weight is 325 g/mol. The van der Waals surface area contributed by atoms with Crippen molar-refractivity contribution in [2.45, 2.75) is 6.54 Å². The Morgan fingerprint density at radius 2 is 1.92 bits per heavy atom. The highest BCUT2D eigenvalue weighted by atomic mass is 16.4. The molecular formula is C20H13N4O+. The summed E-state index contributed by atoms with van der Waals surface area (Å²) < 4.78 is 10.7. The largest absolute Gasteiger partial charge is 0.411 e. The molecule has 0 bridgehead atoms. The van der Waals surface area contributed by atoms with E-state index in [9.17, 15) is 0 Å². The van der Waals surface area contributed by atoms with Crippen molar-refractivity contribution in [2.75, 3.05) is 0 Å². The normalized spacial score (nSPS) is 12.6. The van der Waals surface area contributed by atoms with Crippen molar-refractivity contribution in [3.63, 3.8) is 0 Å². The van der Waals surface area contributed by atoms with Gasteiger partial charge in [0.15, 0.2) is 11.0 Å². The van der Waals surface area contributed by atoms with E-state index in [0.717, 1.165) is 45.9 Å². The molecule has 0 aliphatic carbocycles. The van der Waals surface area contributed by atoms with Gasteiger partial charge in [-0.25, -0.2) is 4.98 Å². The van der Waals surface area contributed by atoms with E-state index in [1.807, 2.05) is 42.9 Å². The van der Waals surface area contributed by atoms with Gasteiger partial charge in [0.1, 0.15) is 12.2 Å². The van der Waals surface area contributed by atoms with Crippen LogP contribution in [0.15, 0.2) is 71.5 Å². The first-order valence-corrected chi connectivity index (χ1v) is 8.22. The molecule has 25 heavy (non-hydrogen) atoms. The van der Waals surface area contributed by atoms with Gasteiger partial charge in [0, 0.05) is 24.2 Å². The zero-order valence-electron chi connectivity index (χ0n) is 13.3. The van der Waals surface area contributed by atoms with Gasteiger partial charge in [0.2, 0.25) is 0 Å². The highest BCUT2D eigenvalue weighted by molar-refractivity contribution is 6.01. The minimum absolute atomic E-state index is 0.781. The van der Waals surface area contributed by atoms with Crippen molar-refractivity contribution in [1.29, 1.82) is 0 Å². The summed E-state index contributed by atoms with van der Waals surface area (Å²) in [7, 11) is 0. The smallest absolute Gasteiger partial charge is 0.336 e. The number of fused-ring (bicyclic) bond motifs is 7. The van der Waals surface area contributed by atoms with E-state index in [4.69, 9.17) is 4.42 Å². The Bertz CT molecular complexity index is 1270. The number of oxazole rings is 1. The lowest BCUT2D eigenvalue weighted by Gasteiger charge is -1.99. The molecule has 5 heteroatoms. The lowest BCUT2D eigenvalue weighted by molar-refractivity contribution is -0.651. The fourth-order valence-electron chi connectivity index (χ4n) is 3.77. The highest BCUT2D eigenvalue weighted by Crippen LogP contribution is 2.36. The molecule has 0 atom stereocenters. The third-order valence-corrected chi connectivity index (χ3v) is 4.84. The average Bonchev–Trinajstić information content (AvgIpc) is 3.30. The Morgan fingerprint density at radius 3 is 2.84 bits per heavy atom. The number of pyridine rings is 2. The summed E-state index contributed by atoms with van der Waals surface area (Å²) >= 11 is 0. The zero-order valence-corrected chi connectivity index (χ0v) is 13.3. The first kappa shape index (κ1) is 12.9. The van der Waals surface area contributed by atoms with Crippen LogP contribution in [0.25, 0.3) is 39.4 Å². The number of aromatic nitrogens is 4. The predicted molar refractivity (Wildman–Crippen MR) is 93.4 cm³/mol. The summed E-state index contributed by atoms with van der Waals surface area (Å²) in [6.07, 6.45) is 5.51. The molecule has 0 saturated carbocycles. The van der Waals surface area contributed by atoms with Gasteiger partial charge in [0.25, 0.3) is 11.5 Å². The number of nitrogens with zero attached hydrogens (tertiary/aromatic N) is 4. The van der Waals surface area contributed by atoms with Crippen molar-refractivity contribution in [3.05, 3.63) is 72.7 Å². The summed E-state index contributed by atoms with van der Waals surface area (Å²) in [5, 5.41) is 0. The molecule has 0 fully saturated rings. The number of hydrogen-bond acceptors (Lipinski definition) is 3. The second-order valence-corrected chi connectivity index (χ2v) is 6.22. The van der Waals surface area contributed by atoms with Crippen molar-refractivity contribution in [3.8, 4) is 17.1 Å². The van der Waals surface area contributed by atoms with Crippen molar-refractivity contribution in [2.24, 2.45) is 0 Å². The molecule has 0 unspecified atom stereocenters. The Kier molecular flexibility index (Phi) is 2.34. The van der Waals surface area contributed by atoms with Crippen LogP contribution in [0.3, 0.4) is 0 Å². The Hall–Kier alpha value is -3.47. The number of para-hydroxylation sites is 1. The van der Waals surface area contributed by atoms with Crippen molar-refractivity contribution < 1.29 is 8.98 Å². The minimum Gasteiger partial charge on any atom is -0.411 e. The molecule has 0 amide bonds. The summed E-state index contributed by atoms with van der Waals surface area (Å²) in [5.74, 6) is 0.852. The second-order valence-electron chi connectivity index (χ2n) is 6.22. The molecule has 1 aromatic carbocycles. The standard InChI is InChI=1S/C20H13N4O/c1-2-5-14(6-3-1)24-16-7-4-9-22-17(16)18-19(24)23-12-13-8-10-21-11-15(13)20(23)25-18/h1-11H,12H2/q+1. The molecule has 5 heterocycles. The Labute approximate surface area is 142 Å². The summed E-state index contributed by atoms with van der Waals surface area (Å²) in [6, 6.07) is 16.4. The number of benzene rings is 1. The summed E-state index contributed by atoms with van der Waals surface area (Å²) in [5.41, 5.74) is 7.17. The van der Waals surface area contributed by atoms with Crippen LogP contribution in [0.2, 0.25) is 0 Å². The van der Waals surface area contributed by atoms with E-state index in [2.05, 4.69) is 43.4 Å². The van der Waals surface area contributed by atoms with Crippen LogP contribution in [0.1, 0.15) is 5.56 Å². The summed E-state index contributed by atoms with van der Waals surface area (Å²) in [6.45, 7) is 0.781. The molecule has 0 N–H and O–H groups in total. The number of rotatable bonds is 1. The van der Waals surface area contributed by atoms with E-state index >= 15 is 0 Å². The Balaban J connectivity index is 1.79. The van der Waals surface area contributed by atoms with Crippen LogP contribution in [-0.4, -0.2) is 14.5 Å². The maximum Gasteiger partial charge on any atom is 0.336 e. The van der Waals surface area contributed by atoms with E-state index in [1.54, 1.807) is 0 Å². The molecule has 0 radical (unpaired) electrons. The van der Waals surface area contributed by atoms with Crippen LogP contribution < -0.4 is 4.57 Å². The molecule has 5 aromatic rings. The topological polar surface area (TPSA) is 47.7 Å². The maximum absolute atomic E-state index is 6.29. The van der Waals surface area contributed by atoms with Gasteiger partial charge in [0.05, 0.1) is 5.56 Å². The van der Waals surface area contributed by atoms with Gasteiger partial charge in [-0.3, -0.25) is 4.98 Å². The molecule has 1 aliphatic heterocycles. The van der Waals surface area contributed by atoms with Crippen LogP contribution >= 0.6 is 0 Å². The van der Waals surface area contributed by atoms with Gasteiger partial charge < -0.3 is 4.42 Å². The molecule has 0 spiro atoms. The number of hydrogen-bond donors (Lipinski definition) is 0. The lowest BCUT2D eigenvalue weighted by atomic mass is 10.2. The predicted octanol–water partition coefficient (Wildman–Crippen LogP) is 3.48. The third kappa shape index (κ3) is 1.59. The third-order valence-electron chi connectivity index (χ3n) is 4.84. The lowest BCUT2D eigenvalue weighted by Crippen LogP contribution is -2.32. The SMILES string of the molecule is c1ccc(-n2c3cccnc3c3oc4[n+](c32)Cc2ccncc2-4)cc1. The van der Waals surface area contributed by atoms with Gasteiger partial charge >= 0.3 is 5.65 Å². The zero-order chi connectivity index (χ0) is 16.4. The van der Waals surface area contributed by atoms with Gasteiger partial charge in [-0.1, -0.05) is 18.2 Å². The van der Waals surface area contributed by atoms with Crippen molar-refractivity contribution in [1.82, 2.24) is 14.5 Å². The summed E-state index contributed by atoms with van der Waals surface area (Å²) in [4.78, 5) is 8.84. The minimum atomic E-state index is 0.781.